The summed E-state index contributed by atoms with van der Waals surface area (Å²) in [6.07, 6.45) is 0.905. The van der Waals surface area contributed by atoms with Crippen LogP contribution in [-0.4, -0.2) is 0 Å². The summed E-state index contributed by atoms with van der Waals surface area (Å²) >= 11 is 0. The van der Waals surface area contributed by atoms with Gasteiger partial charge < -0.3 is 0 Å². The van der Waals surface area contributed by atoms with Crippen molar-refractivity contribution in [3.63, 3.8) is 0 Å². The second-order valence-electron chi connectivity index (χ2n) is 5.27. The van der Waals surface area contributed by atoms with Gasteiger partial charge in [0.1, 0.15) is 0 Å². The molecule has 0 radical (unpaired) electrons. The van der Waals surface area contributed by atoms with Gasteiger partial charge in [0.25, 0.3) is 0 Å². The highest BCUT2D eigenvalue weighted by molar-refractivity contribution is 5.34. The van der Waals surface area contributed by atoms with Crippen molar-refractivity contribution < 1.29 is 0 Å². The van der Waals surface area contributed by atoms with E-state index >= 15 is 0 Å². The van der Waals surface area contributed by atoms with Crippen LogP contribution >= 0.6 is 0 Å². The Morgan fingerprint density at radius 2 is 1.74 bits per heavy atom. The molecule has 0 amide bonds. The van der Waals surface area contributed by atoms with E-state index < -0.39 is 0 Å². The Morgan fingerprint density at radius 1 is 1.00 bits per heavy atom. The minimum absolute atomic E-state index is 0.155. The molecule has 0 aromatic heterocycles. The fourth-order valence-corrected chi connectivity index (χ4v) is 2.55. The van der Waals surface area contributed by atoms with E-state index in [9.17, 15) is 0 Å². The van der Waals surface area contributed by atoms with Crippen LogP contribution in [0.25, 0.3) is 0 Å². The van der Waals surface area contributed by atoms with Gasteiger partial charge in [0, 0.05) is 0 Å². The number of hydrazine groups is 1. The van der Waals surface area contributed by atoms with E-state index in [-0.39, 0.29) is 6.04 Å². The van der Waals surface area contributed by atoms with Crippen molar-refractivity contribution in [3.8, 4) is 0 Å². The number of hydrogen-bond acceptors (Lipinski definition) is 2. The van der Waals surface area contributed by atoms with Gasteiger partial charge in [-0.2, -0.15) is 0 Å². The number of aryl methyl sites for hydroxylation is 3. The summed E-state index contributed by atoms with van der Waals surface area (Å²) in [7, 11) is 0. The molecule has 0 aliphatic rings. The molecule has 2 rings (SSSR count). The Hall–Kier alpha value is -1.64. The molecular weight excluding hydrogens is 232 g/mol. The van der Waals surface area contributed by atoms with Crippen molar-refractivity contribution in [2.45, 2.75) is 33.2 Å². The first kappa shape index (κ1) is 13.8. The number of hydrogen-bond donors (Lipinski definition) is 2. The van der Waals surface area contributed by atoms with Gasteiger partial charge >= 0.3 is 0 Å². The fourth-order valence-electron chi connectivity index (χ4n) is 2.55. The molecule has 2 aromatic carbocycles. The normalized spacial score (nSPS) is 12.4. The fraction of sp³-hybridized carbons (Fsp3) is 0.294. The summed E-state index contributed by atoms with van der Waals surface area (Å²) in [5.74, 6) is 5.75. The van der Waals surface area contributed by atoms with Crippen molar-refractivity contribution in [1.82, 2.24) is 5.43 Å². The van der Waals surface area contributed by atoms with Crippen molar-refractivity contribution in [2.24, 2.45) is 5.84 Å². The van der Waals surface area contributed by atoms with E-state index in [1.54, 1.807) is 0 Å². The molecule has 2 heteroatoms. The highest BCUT2D eigenvalue weighted by Gasteiger charge is 2.13. The Kier molecular flexibility index (Phi) is 4.35. The maximum Gasteiger partial charge on any atom is 0.0502 e. The first-order chi connectivity index (χ1) is 9.10. The van der Waals surface area contributed by atoms with Crippen molar-refractivity contribution in [3.05, 3.63) is 70.3 Å². The first-order valence-corrected chi connectivity index (χ1v) is 6.69. The lowest BCUT2D eigenvalue weighted by Gasteiger charge is -2.19. The van der Waals surface area contributed by atoms with Crippen LogP contribution in [-0.2, 0) is 6.42 Å². The lowest BCUT2D eigenvalue weighted by atomic mass is 9.94. The van der Waals surface area contributed by atoms with E-state index in [4.69, 9.17) is 5.84 Å². The average Bonchev–Trinajstić information content (AvgIpc) is 2.37. The zero-order valence-electron chi connectivity index (χ0n) is 11.9. The summed E-state index contributed by atoms with van der Waals surface area (Å²) in [4.78, 5) is 0. The largest absolute Gasteiger partial charge is 0.271 e. The average molecular weight is 254 g/mol. The third-order valence-corrected chi connectivity index (χ3v) is 3.52. The van der Waals surface area contributed by atoms with Crippen LogP contribution in [0.5, 0.6) is 0 Å². The van der Waals surface area contributed by atoms with Gasteiger partial charge in [-0.1, -0.05) is 53.6 Å². The van der Waals surface area contributed by atoms with Crippen LogP contribution < -0.4 is 11.3 Å². The van der Waals surface area contributed by atoms with Gasteiger partial charge in [0.05, 0.1) is 6.04 Å². The number of benzene rings is 2. The predicted molar refractivity (Wildman–Crippen MR) is 80.9 cm³/mol. The molecule has 0 saturated carbocycles. The van der Waals surface area contributed by atoms with E-state index in [2.05, 4.69) is 68.7 Å². The smallest absolute Gasteiger partial charge is 0.0502 e. The second kappa shape index (κ2) is 6.00. The summed E-state index contributed by atoms with van der Waals surface area (Å²) in [6.45, 7) is 6.37. The zero-order chi connectivity index (χ0) is 13.8. The van der Waals surface area contributed by atoms with Crippen LogP contribution in [0.4, 0.5) is 0 Å². The quantitative estimate of drug-likeness (QED) is 0.648. The number of nitrogens with two attached hydrogens (primary N) is 1. The molecule has 0 heterocycles. The van der Waals surface area contributed by atoms with E-state index in [1.807, 2.05) is 0 Å². The van der Waals surface area contributed by atoms with Gasteiger partial charge in [-0.25, -0.2) is 0 Å². The van der Waals surface area contributed by atoms with Crippen LogP contribution in [0.15, 0.2) is 42.5 Å². The van der Waals surface area contributed by atoms with Crippen LogP contribution in [0.2, 0.25) is 0 Å². The first-order valence-electron chi connectivity index (χ1n) is 6.69. The van der Waals surface area contributed by atoms with E-state index in [0.29, 0.717) is 0 Å². The van der Waals surface area contributed by atoms with Gasteiger partial charge in [-0.05, 0) is 43.9 Å². The summed E-state index contributed by atoms with van der Waals surface area (Å²) in [6, 6.07) is 15.3. The third kappa shape index (κ3) is 3.43. The predicted octanol–water partition coefficient (Wildman–Crippen LogP) is 3.36. The SMILES string of the molecule is Cc1cccc(CC(NN)c2ccc(C)cc2C)c1. The molecule has 1 atom stereocenters. The summed E-state index contributed by atoms with van der Waals surface area (Å²) in [5, 5.41) is 0. The van der Waals surface area contributed by atoms with Crippen molar-refractivity contribution in [1.29, 1.82) is 0 Å². The van der Waals surface area contributed by atoms with E-state index in [1.165, 1.54) is 27.8 Å². The van der Waals surface area contributed by atoms with Crippen LogP contribution in [0.1, 0.15) is 33.9 Å². The van der Waals surface area contributed by atoms with Crippen LogP contribution in [0, 0.1) is 20.8 Å². The molecule has 0 spiro atoms. The van der Waals surface area contributed by atoms with Gasteiger partial charge in [-0.3, -0.25) is 11.3 Å². The number of rotatable bonds is 4. The number of nitrogens with one attached hydrogen (secondary N) is 1. The van der Waals surface area contributed by atoms with Gasteiger partial charge in [-0.15, -0.1) is 0 Å². The topological polar surface area (TPSA) is 38.0 Å². The molecule has 0 aliphatic heterocycles. The Bertz CT molecular complexity index is 561. The molecule has 100 valence electrons. The minimum Gasteiger partial charge on any atom is -0.271 e. The monoisotopic (exact) mass is 254 g/mol. The van der Waals surface area contributed by atoms with Crippen molar-refractivity contribution in [2.75, 3.05) is 0 Å². The molecule has 0 aliphatic carbocycles. The highest BCUT2D eigenvalue weighted by atomic mass is 15.2. The van der Waals surface area contributed by atoms with E-state index in [0.717, 1.165) is 6.42 Å². The molecule has 2 aromatic rings. The molecular formula is C17H22N2. The second-order valence-corrected chi connectivity index (χ2v) is 5.27. The van der Waals surface area contributed by atoms with Gasteiger partial charge in [0.2, 0.25) is 0 Å². The molecule has 19 heavy (non-hydrogen) atoms. The minimum atomic E-state index is 0.155. The Labute approximate surface area is 115 Å². The molecule has 0 bridgehead atoms. The molecule has 2 nitrogen and oxygen atoms in total. The summed E-state index contributed by atoms with van der Waals surface area (Å²) < 4.78 is 0. The van der Waals surface area contributed by atoms with Crippen LogP contribution in [0.3, 0.4) is 0 Å². The zero-order valence-corrected chi connectivity index (χ0v) is 11.9. The Balaban J connectivity index is 2.25. The third-order valence-electron chi connectivity index (χ3n) is 3.52. The standard InChI is InChI=1S/C17H22N2/c1-12-5-4-6-15(10-12)11-17(19-18)16-8-7-13(2)9-14(16)3/h4-10,17,19H,11,18H2,1-3H3. The molecule has 0 saturated heterocycles. The Morgan fingerprint density at radius 3 is 2.37 bits per heavy atom. The maximum atomic E-state index is 5.75. The van der Waals surface area contributed by atoms with Gasteiger partial charge in [0.15, 0.2) is 0 Å². The molecule has 0 fully saturated rings. The highest BCUT2D eigenvalue weighted by Crippen LogP contribution is 2.22. The lowest BCUT2D eigenvalue weighted by Crippen LogP contribution is -2.30. The molecule has 3 N–H and O–H groups in total. The molecule has 1 unspecified atom stereocenters. The summed E-state index contributed by atoms with van der Waals surface area (Å²) in [5.41, 5.74) is 9.39. The lowest BCUT2D eigenvalue weighted by molar-refractivity contribution is 0.549. The maximum absolute atomic E-state index is 5.75. The van der Waals surface area contributed by atoms with Crippen molar-refractivity contribution >= 4 is 0 Å².